The second-order valence-electron chi connectivity index (χ2n) is 5.30. The van der Waals surface area contributed by atoms with E-state index in [9.17, 15) is 9.59 Å². The molecule has 0 aromatic heterocycles. The average Bonchev–Trinajstić information content (AvgIpc) is 3.23. The Hall–Kier alpha value is -1.94. The average molecular weight is 293 g/mol. The zero-order valence-electron chi connectivity index (χ0n) is 11.8. The van der Waals surface area contributed by atoms with E-state index >= 15 is 0 Å². The van der Waals surface area contributed by atoms with Gasteiger partial charge in [-0.3, -0.25) is 9.59 Å². The Labute approximate surface area is 123 Å². The smallest absolute Gasteiger partial charge is 0.305 e. The molecule has 1 unspecified atom stereocenters. The monoisotopic (exact) mass is 293 g/mol. The van der Waals surface area contributed by atoms with Crippen molar-refractivity contribution in [1.29, 1.82) is 0 Å². The van der Waals surface area contributed by atoms with Crippen molar-refractivity contribution in [3.05, 3.63) is 0 Å². The molecule has 1 fully saturated rings. The SMILES string of the molecule is C#CCCC1(CCC(=O)N2CCOCC2CC(=O)O)N=N1. The molecule has 2 heterocycles. The third kappa shape index (κ3) is 4.26. The Morgan fingerprint density at radius 1 is 1.43 bits per heavy atom. The molecule has 0 aliphatic carbocycles. The summed E-state index contributed by atoms with van der Waals surface area (Å²) in [5.41, 5.74) is -0.476. The molecule has 114 valence electrons. The number of hydrogen-bond acceptors (Lipinski definition) is 5. The van der Waals surface area contributed by atoms with Crippen LogP contribution < -0.4 is 0 Å². The summed E-state index contributed by atoms with van der Waals surface area (Å²) in [5, 5.41) is 16.9. The summed E-state index contributed by atoms with van der Waals surface area (Å²) in [6.07, 6.45) is 7.21. The highest BCUT2D eigenvalue weighted by Crippen LogP contribution is 2.37. The van der Waals surface area contributed by atoms with Gasteiger partial charge in [0.2, 0.25) is 5.91 Å². The van der Waals surface area contributed by atoms with Gasteiger partial charge in [-0.15, -0.1) is 12.3 Å². The summed E-state index contributed by atoms with van der Waals surface area (Å²) in [7, 11) is 0. The molecule has 1 N–H and O–H groups in total. The van der Waals surface area contributed by atoms with E-state index in [1.807, 2.05) is 0 Å². The minimum absolute atomic E-state index is 0.0677. The number of nitrogens with zero attached hydrogens (tertiary/aromatic N) is 3. The van der Waals surface area contributed by atoms with Crippen LogP contribution in [0, 0.1) is 12.3 Å². The van der Waals surface area contributed by atoms with E-state index in [2.05, 4.69) is 16.1 Å². The van der Waals surface area contributed by atoms with Crippen LogP contribution in [0.2, 0.25) is 0 Å². The maximum absolute atomic E-state index is 12.3. The fraction of sp³-hybridized carbons (Fsp3) is 0.714. The maximum atomic E-state index is 12.3. The number of aliphatic carboxylic acids is 1. The molecule has 7 heteroatoms. The molecule has 1 amide bonds. The number of terminal acetylenes is 1. The van der Waals surface area contributed by atoms with Crippen LogP contribution in [0.25, 0.3) is 0 Å². The lowest BCUT2D eigenvalue weighted by atomic mass is 10.0. The third-order valence-corrected chi connectivity index (χ3v) is 3.75. The lowest BCUT2D eigenvalue weighted by Gasteiger charge is -2.35. The second kappa shape index (κ2) is 6.68. The summed E-state index contributed by atoms with van der Waals surface area (Å²) < 4.78 is 5.26. The van der Waals surface area contributed by atoms with Gasteiger partial charge in [-0.25, -0.2) is 0 Å². The highest BCUT2D eigenvalue weighted by atomic mass is 16.5. The van der Waals surface area contributed by atoms with E-state index in [1.54, 1.807) is 4.90 Å². The zero-order valence-corrected chi connectivity index (χ0v) is 11.8. The summed E-state index contributed by atoms with van der Waals surface area (Å²) in [5.74, 6) is 1.55. The van der Waals surface area contributed by atoms with E-state index in [-0.39, 0.29) is 18.9 Å². The highest BCUT2D eigenvalue weighted by molar-refractivity contribution is 5.78. The van der Waals surface area contributed by atoms with Gasteiger partial charge in [0, 0.05) is 32.2 Å². The molecule has 2 rings (SSSR count). The van der Waals surface area contributed by atoms with E-state index in [4.69, 9.17) is 16.3 Å². The molecule has 0 aromatic rings. The molecular formula is C14H19N3O4. The van der Waals surface area contributed by atoms with Crippen LogP contribution in [-0.4, -0.2) is 53.3 Å². The number of hydrogen-bond donors (Lipinski definition) is 1. The van der Waals surface area contributed by atoms with E-state index in [1.165, 1.54) is 0 Å². The van der Waals surface area contributed by atoms with Crippen LogP contribution in [0.5, 0.6) is 0 Å². The van der Waals surface area contributed by atoms with Crippen molar-refractivity contribution in [2.24, 2.45) is 10.2 Å². The van der Waals surface area contributed by atoms with Crippen LogP contribution in [0.15, 0.2) is 10.2 Å². The maximum Gasteiger partial charge on any atom is 0.305 e. The lowest BCUT2D eigenvalue weighted by Crippen LogP contribution is -2.49. The molecule has 0 bridgehead atoms. The Kier molecular flexibility index (Phi) is 4.91. The topological polar surface area (TPSA) is 91.6 Å². The van der Waals surface area contributed by atoms with Crippen LogP contribution in [-0.2, 0) is 14.3 Å². The molecule has 1 saturated heterocycles. The van der Waals surface area contributed by atoms with Crippen molar-refractivity contribution in [3.63, 3.8) is 0 Å². The molecular weight excluding hydrogens is 274 g/mol. The highest BCUT2D eigenvalue weighted by Gasteiger charge is 2.40. The first-order valence-electron chi connectivity index (χ1n) is 7.03. The van der Waals surface area contributed by atoms with Crippen LogP contribution in [0.3, 0.4) is 0 Å². The van der Waals surface area contributed by atoms with Gasteiger partial charge in [0.05, 0.1) is 25.7 Å². The first kappa shape index (κ1) is 15.4. The summed E-state index contributed by atoms with van der Waals surface area (Å²) in [6, 6.07) is -0.390. The van der Waals surface area contributed by atoms with E-state index < -0.39 is 17.7 Å². The normalized spacial score (nSPS) is 22.6. The minimum atomic E-state index is -0.930. The van der Waals surface area contributed by atoms with Crippen molar-refractivity contribution >= 4 is 11.9 Å². The molecule has 0 spiro atoms. The Bertz CT molecular complexity index is 477. The molecule has 0 saturated carbocycles. The van der Waals surface area contributed by atoms with Gasteiger partial charge >= 0.3 is 5.97 Å². The standard InChI is InChI=1S/C14H19N3O4/c1-2-3-5-14(15-16-14)6-4-12(18)17-7-8-21-10-11(17)9-13(19)20/h1,11H,3-10H2,(H,19,20). The predicted molar refractivity (Wildman–Crippen MR) is 73.5 cm³/mol. The van der Waals surface area contributed by atoms with Crippen LogP contribution in [0.1, 0.15) is 32.1 Å². The second-order valence-corrected chi connectivity index (χ2v) is 5.30. The van der Waals surface area contributed by atoms with Gasteiger partial charge in [0.1, 0.15) is 0 Å². The minimum Gasteiger partial charge on any atom is -0.481 e. The van der Waals surface area contributed by atoms with E-state index in [0.717, 1.165) is 0 Å². The molecule has 2 aliphatic rings. The summed E-state index contributed by atoms with van der Waals surface area (Å²) >= 11 is 0. The number of carboxylic acids is 1. The number of amides is 1. The van der Waals surface area contributed by atoms with Crippen LogP contribution in [0.4, 0.5) is 0 Å². The zero-order chi connectivity index (χ0) is 15.3. The Morgan fingerprint density at radius 3 is 2.81 bits per heavy atom. The van der Waals surface area contributed by atoms with Crippen molar-refractivity contribution in [2.75, 3.05) is 19.8 Å². The molecule has 0 radical (unpaired) electrons. The molecule has 21 heavy (non-hydrogen) atoms. The molecule has 1 atom stereocenters. The van der Waals surface area contributed by atoms with Gasteiger partial charge in [-0.1, -0.05) is 0 Å². The van der Waals surface area contributed by atoms with Gasteiger partial charge in [0.15, 0.2) is 5.66 Å². The number of morpholine rings is 1. The quantitative estimate of drug-likeness (QED) is 0.710. The number of ether oxygens (including phenoxy) is 1. The van der Waals surface area contributed by atoms with Crippen molar-refractivity contribution < 1.29 is 19.4 Å². The first-order chi connectivity index (χ1) is 10.1. The molecule has 2 aliphatic heterocycles. The fourth-order valence-electron chi connectivity index (χ4n) is 2.47. The third-order valence-electron chi connectivity index (χ3n) is 3.75. The van der Waals surface area contributed by atoms with Gasteiger partial charge in [-0.05, 0) is 0 Å². The number of rotatable bonds is 7. The number of carbonyl (C=O) groups is 2. The van der Waals surface area contributed by atoms with Crippen molar-refractivity contribution in [3.8, 4) is 12.3 Å². The molecule has 7 nitrogen and oxygen atoms in total. The number of carbonyl (C=O) groups excluding carboxylic acids is 1. The Morgan fingerprint density at radius 2 is 2.19 bits per heavy atom. The molecule has 0 aromatic carbocycles. The summed E-state index contributed by atoms with van der Waals surface area (Å²) in [4.78, 5) is 24.7. The van der Waals surface area contributed by atoms with E-state index in [0.29, 0.717) is 38.8 Å². The largest absolute Gasteiger partial charge is 0.481 e. The first-order valence-corrected chi connectivity index (χ1v) is 7.03. The number of carboxylic acid groups (broad SMARTS) is 1. The van der Waals surface area contributed by atoms with Crippen molar-refractivity contribution in [2.45, 2.75) is 43.8 Å². The lowest BCUT2D eigenvalue weighted by molar-refractivity contribution is -0.146. The van der Waals surface area contributed by atoms with Crippen molar-refractivity contribution in [1.82, 2.24) is 4.90 Å². The van der Waals surface area contributed by atoms with Gasteiger partial charge in [0.25, 0.3) is 0 Å². The Balaban J connectivity index is 1.83. The fourth-order valence-corrected chi connectivity index (χ4v) is 2.47. The predicted octanol–water partition coefficient (Wildman–Crippen LogP) is 1.04. The summed E-state index contributed by atoms with van der Waals surface area (Å²) in [6.45, 7) is 1.15. The van der Waals surface area contributed by atoms with Crippen LogP contribution >= 0.6 is 0 Å². The van der Waals surface area contributed by atoms with Gasteiger partial charge < -0.3 is 14.7 Å². The van der Waals surface area contributed by atoms with Gasteiger partial charge in [-0.2, -0.15) is 10.2 Å².